The Labute approximate surface area is 100 Å². The van der Waals surface area contributed by atoms with Crippen molar-refractivity contribution in [2.45, 2.75) is 5.01 Å². The first-order valence-corrected chi connectivity index (χ1v) is 4.67. The molecule has 0 bridgehead atoms. The number of cyclic esters (lactones) is 1. The van der Waals surface area contributed by atoms with Crippen molar-refractivity contribution < 1.29 is 14.3 Å². The maximum atomic E-state index is 11.2. The van der Waals surface area contributed by atoms with Gasteiger partial charge in [-0.15, -0.1) is 17.0 Å². The molecule has 0 saturated carbocycles. The number of methoxy groups -OCH3 is 1. The summed E-state index contributed by atoms with van der Waals surface area (Å²) in [6.07, 6.45) is 0. The molecule has 1 aromatic carbocycles. The third-order valence-corrected chi connectivity index (χ3v) is 2.62. The third kappa shape index (κ3) is 1.79. The average molecular weight is 324 g/mol. The lowest BCUT2D eigenvalue weighted by Gasteiger charge is -2.01. The number of benzene rings is 1. The van der Waals surface area contributed by atoms with Gasteiger partial charge in [0.05, 0.1) is 12.7 Å². The second-order valence-electron chi connectivity index (χ2n) is 2.67. The van der Waals surface area contributed by atoms with Crippen molar-refractivity contribution in [3.05, 3.63) is 29.3 Å². The highest BCUT2D eigenvalue weighted by atomic mass is 79.9. The van der Waals surface area contributed by atoms with E-state index in [1.54, 1.807) is 19.2 Å². The van der Waals surface area contributed by atoms with Crippen molar-refractivity contribution in [3.8, 4) is 5.75 Å². The number of ether oxygens (including phenoxy) is 2. The molecule has 2 rings (SSSR count). The van der Waals surface area contributed by atoms with Gasteiger partial charge in [0.2, 0.25) is 0 Å². The van der Waals surface area contributed by atoms with Crippen molar-refractivity contribution in [1.82, 2.24) is 0 Å². The molecular formula is C9H8Br2O3. The number of hydrogen-bond donors (Lipinski definition) is 0. The second kappa shape index (κ2) is 4.31. The molecule has 0 fully saturated rings. The highest BCUT2D eigenvalue weighted by Crippen LogP contribution is 2.36. The Morgan fingerprint density at radius 2 is 2.21 bits per heavy atom. The fourth-order valence-electron chi connectivity index (χ4n) is 1.26. The van der Waals surface area contributed by atoms with Gasteiger partial charge >= 0.3 is 5.97 Å². The number of carbonyl (C=O) groups excluding carboxylic acids is 1. The minimum Gasteiger partial charge on any atom is -0.497 e. The number of alkyl halides is 1. The summed E-state index contributed by atoms with van der Waals surface area (Å²) < 4.78 is 9.95. The lowest BCUT2D eigenvalue weighted by Crippen LogP contribution is -1.94. The van der Waals surface area contributed by atoms with Crippen LogP contribution >= 0.6 is 32.9 Å². The topological polar surface area (TPSA) is 35.5 Å². The molecule has 0 radical (unpaired) electrons. The van der Waals surface area contributed by atoms with Crippen LogP contribution in [-0.2, 0) is 4.74 Å². The number of halogens is 2. The van der Waals surface area contributed by atoms with Gasteiger partial charge in [-0.1, -0.05) is 0 Å². The first-order valence-electron chi connectivity index (χ1n) is 3.75. The molecule has 3 nitrogen and oxygen atoms in total. The molecule has 14 heavy (non-hydrogen) atoms. The molecule has 0 saturated heterocycles. The van der Waals surface area contributed by atoms with E-state index >= 15 is 0 Å². The minimum absolute atomic E-state index is 0. The van der Waals surface area contributed by atoms with Crippen LogP contribution in [0, 0.1) is 0 Å². The quantitative estimate of drug-likeness (QED) is 0.589. The van der Waals surface area contributed by atoms with E-state index in [0.717, 1.165) is 5.56 Å². The van der Waals surface area contributed by atoms with Gasteiger partial charge in [-0.3, -0.25) is 0 Å². The van der Waals surface area contributed by atoms with Gasteiger partial charge in [0, 0.05) is 5.56 Å². The SMILES string of the molecule is Br.COc1ccc2c(c1)C(=O)OC2Br. The van der Waals surface area contributed by atoms with E-state index in [9.17, 15) is 4.79 Å². The van der Waals surface area contributed by atoms with Gasteiger partial charge in [0.25, 0.3) is 0 Å². The number of fused-ring (bicyclic) bond motifs is 1. The van der Waals surface area contributed by atoms with E-state index in [2.05, 4.69) is 15.9 Å². The van der Waals surface area contributed by atoms with Crippen LogP contribution in [0.5, 0.6) is 5.75 Å². The summed E-state index contributed by atoms with van der Waals surface area (Å²) in [5, 5.41) is -0.319. The summed E-state index contributed by atoms with van der Waals surface area (Å²) >= 11 is 3.24. The molecule has 0 amide bonds. The lowest BCUT2D eigenvalue weighted by molar-refractivity contribution is 0.0530. The van der Waals surface area contributed by atoms with Crippen molar-refractivity contribution in [3.63, 3.8) is 0 Å². The van der Waals surface area contributed by atoms with Crippen LogP contribution in [0.3, 0.4) is 0 Å². The molecule has 0 aliphatic carbocycles. The molecule has 5 heteroatoms. The number of carbonyl (C=O) groups is 1. The zero-order chi connectivity index (χ0) is 9.42. The summed E-state index contributed by atoms with van der Waals surface area (Å²) in [6, 6.07) is 5.30. The van der Waals surface area contributed by atoms with Crippen LogP contribution in [0.15, 0.2) is 18.2 Å². The Kier molecular flexibility index (Phi) is 3.55. The summed E-state index contributed by atoms with van der Waals surface area (Å²) in [4.78, 5) is 11.2. The molecule has 1 heterocycles. The number of hydrogen-bond acceptors (Lipinski definition) is 3. The standard InChI is InChI=1S/C9H7BrO3.BrH/c1-12-5-2-3-6-7(4-5)9(11)13-8(6)10;/h2-4,8H,1H3;1H. The fourth-order valence-corrected chi connectivity index (χ4v) is 1.83. The van der Waals surface area contributed by atoms with Gasteiger partial charge in [-0.25, -0.2) is 4.79 Å². The maximum absolute atomic E-state index is 11.2. The lowest BCUT2D eigenvalue weighted by atomic mass is 10.1. The van der Waals surface area contributed by atoms with Gasteiger partial charge in [-0.05, 0) is 34.1 Å². The number of rotatable bonds is 1. The van der Waals surface area contributed by atoms with Crippen LogP contribution in [0.25, 0.3) is 0 Å². The molecule has 0 aromatic heterocycles. The molecular weight excluding hydrogens is 316 g/mol. The minimum atomic E-state index is -0.319. The Morgan fingerprint density at radius 1 is 1.50 bits per heavy atom. The van der Waals surface area contributed by atoms with E-state index < -0.39 is 0 Å². The normalized spacial score (nSPS) is 18.1. The highest BCUT2D eigenvalue weighted by molar-refractivity contribution is 9.09. The predicted molar refractivity (Wildman–Crippen MR) is 60.4 cm³/mol. The van der Waals surface area contributed by atoms with E-state index in [-0.39, 0.29) is 28.0 Å². The van der Waals surface area contributed by atoms with Gasteiger partial charge in [0.1, 0.15) is 5.75 Å². The van der Waals surface area contributed by atoms with Crippen LogP contribution in [0.4, 0.5) is 0 Å². The summed E-state index contributed by atoms with van der Waals surface area (Å²) in [6.45, 7) is 0. The molecule has 76 valence electrons. The van der Waals surface area contributed by atoms with Gasteiger partial charge in [-0.2, -0.15) is 0 Å². The summed E-state index contributed by atoms with van der Waals surface area (Å²) in [5.74, 6) is 0.355. The van der Waals surface area contributed by atoms with Crippen LogP contribution < -0.4 is 4.74 Å². The second-order valence-corrected chi connectivity index (χ2v) is 3.51. The number of esters is 1. The van der Waals surface area contributed by atoms with Gasteiger partial charge in [0.15, 0.2) is 5.01 Å². The van der Waals surface area contributed by atoms with Crippen molar-refractivity contribution in [2.75, 3.05) is 7.11 Å². The summed E-state index contributed by atoms with van der Waals surface area (Å²) in [5.41, 5.74) is 1.42. The summed E-state index contributed by atoms with van der Waals surface area (Å²) in [7, 11) is 1.56. The molecule has 1 aliphatic heterocycles. The van der Waals surface area contributed by atoms with Gasteiger partial charge < -0.3 is 9.47 Å². The molecule has 0 spiro atoms. The largest absolute Gasteiger partial charge is 0.497 e. The molecule has 0 N–H and O–H groups in total. The van der Waals surface area contributed by atoms with Crippen LogP contribution in [0.2, 0.25) is 0 Å². The molecule has 1 aliphatic rings. The Hall–Kier alpha value is -0.550. The fraction of sp³-hybridized carbons (Fsp3) is 0.222. The van der Waals surface area contributed by atoms with E-state index in [0.29, 0.717) is 11.3 Å². The smallest absolute Gasteiger partial charge is 0.340 e. The Bertz CT molecular complexity index is 365. The molecule has 1 aromatic rings. The molecule has 1 unspecified atom stereocenters. The first-order chi connectivity index (χ1) is 6.22. The van der Waals surface area contributed by atoms with E-state index in [1.807, 2.05) is 6.07 Å². The Balaban J connectivity index is 0.000000980. The van der Waals surface area contributed by atoms with Crippen LogP contribution in [-0.4, -0.2) is 13.1 Å². The van der Waals surface area contributed by atoms with Crippen molar-refractivity contribution >= 4 is 38.9 Å². The van der Waals surface area contributed by atoms with Crippen molar-refractivity contribution in [2.24, 2.45) is 0 Å². The van der Waals surface area contributed by atoms with E-state index in [1.165, 1.54) is 0 Å². The maximum Gasteiger partial charge on any atom is 0.340 e. The highest BCUT2D eigenvalue weighted by Gasteiger charge is 2.29. The first kappa shape index (κ1) is 11.5. The van der Waals surface area contributed by atoms with Crippen LogP contribution in [0.1, 0.15) is 20.9 Å². The average Bonchev–Trinajstić information content (AvgIpc) is 2.42. The van der Waals surface area contributed by atoms with Crippen molar-refractivity contribution in [1.29, 1.82) is 0 Å². The zero-order valence-electron chi connectivity index (χ0n) is 7.32. The predicted octanol–water partition coefficient (Wildman–Crippen LogP) is 2.84. The zero-order valence-corrected chi connectivity index (χ0v) is 10.6. The molecule has 1 atom stereocenters. The Morgan fingerprint density at radius 3 is 2.86 bits per heavy atom. The monoisotopic (exact) mass is 322 g/mol. The third-order valence-electron chi connectivity index (χ3n) is 1.94. The van der Waals surface area contributed by atoms with E-state index in [4.69, 9.17) is 9.47 Å².